The second-order valence-corrected chi connectivity index (χ2v) is 7.78. The minimum absolute atomic E-state index is 0.398. The minimum Gasteiger partial charge on any atom is -0.475 e. The van der Waals surface area contributed by atoms with Gasteiger partial charge in [0, 0.05) is 26.2 Å². The molecular formula is C19H27F3N2O4. The molecule has 0 bridgehead atoms. The Morgan fingerprint density at radius 1 is 1.29 bits per heavy atom. The van der Waals surface area contributed by atoms with E-state index < -0.39 is 12.1 Å². The summed E-state index contributed by atoms with van der Waals surface area (Å²) in [6.07, 6.45) is -0.384. The minimum atomic E-state index is -5.08. The van der Waals surface area contributed by atoms with Crippen LogP contribution in [0.15, 0.2) is 16.5 Å². The summed E-state index contributed by atoms with van der Waals surface area (Å²) in [5.41, 5.74) is 0. The first-order chi connectivity index (χ1) is 13.2. The Morgan fingerprint density at radius 2 is 2.00 bits per heavy atom. The lowest BCUT2D eigenvalue weighted by atomic mass is 9.85. The number of ether oxygens (including phenoxy) is 1. The molecule has 0 aromatic carbocycles. The van der Waals surface area contributed by atoms with Gasteiger partial charge < -0.3 is 14.3 Å². The first-order valence-corrected chi connectivity index (χ1v) is 9.66. The molecule has 28 heavy (non-hydrogen) atoms. The van der Waals surface area contributed by atoms with Crippen molar-refractivity contribution in [1.29, 1.82) is 0 Å². The summed E-state index contributed by atoms with van der Waals surface area (Å²) in [6, 6.07) is 4.72. The van der Waals surface area contributed by atoms with E-state index in [0.29, 0.717) is 12.1 Å². The van der Waals surface area contributed by atoms with Crippen LogP contribution in [-0.2, 0) is 16.1 Å². The second-order valence-electron chi connectivity index (χ2n) is 7.78. The summed E-state index contributed by atoms with van der Waals surface area (Å²) < 4.78 is 43.5. The van der Waals surface area contributed by atoms with Gasteiger partial charge >= 0.3 is 12.1 Å². The van der Waals surface area contributed by atoms with Crippen molar-refractivity contribution in [3.63, 3.8) is 0 Å². The molecule has 0 amide bonds. The van der Waals surface area contributed by atoms with E-state index >= 15 is 0 Å². The highest BCUT2D eigenvalue weighted by atomic mass is 19.4. The number of alkyl halides is 3. The molecule has 0 radical (unpaired) electrons. The number of fused-ring (bicyclic) bond motifs is 1. The van der Waals surface area contributed by atoms with Crippen LogP contribution in [0.25, 0.3) is 0 Å². The SMILES string of the molecule is Cc1ccc(CN2CCO[C@H]3CN(CC4CCC4)C[C@H]32)o1.O=C(O)C(F)(F)F. The third-order valence-electron chi connectivity index (χ3n) is 5.63. The summed E-state index contributed by atoms with van der Waals surface area (Å²) in [6.45, 7) is 8.40. The zero-order valence-corrected chi connectivity index (χ0v) is 16.0. The lowest BCUT2D eigenvalue weighted by molar-refractivity contribution is -0.192. The second kappa shape index (κ2) is 8.84. The van der Waals surface area contributed by atoms with E-state index in [9.17, 15) is 13.2 Å². The molecule has 1 N–H and O–H groups in total. The summed E-state index contributed by atoms with van der Waals surface area (Å²) in [5, 5.41) is 7.12. The van der Waals surface area contributed by atoms with E-state index in [2.05, 4.69) is 21.9 Å². The maximum atomic E-state index is 10.6. The normalized spacial score (nSPS) is 26.3. The van der Waals surface area contributed by atoms with Gasteiger partial charge in [-0.1, -0.05) is 6.42 Å². The van der Waals surface area contributed by atoms with Crippen molar-refractivity contribution in [3.8, 4) is 0 Å². The molecule has 158 valence electrons. The van der Waals surface area contributed by atoms with Crippen LogP contribution < -0.4 is 0 Å². The molecule has 9 heteroatoms. The van der Waals surface area contributed by atoms with Gasteiger partial charge in [0.25, 0.3) is 0 Å². The molecule has 1 aromatic rings. The predicted octanol–water partition coefficient (Wildman–Crippen LogP) is 2.91. The highest BCUT2D eigenvalue weighted by molar-refractivity contribution is 5.73. The van der Waals surface area contributed by atoms with Crippen LogP contribution in [0.3, 0.4) is 0 Å². The topological polar surface area (TPSA) is 66.2 Å². The van der Waals surface area contributed by atoms with Crippen LogP contribution in [0.4, 0.5) is 13.2 Å². The Bertz CT molecular complexity index is 660. The van der Waals surface area contributed by atoms with Crippen molar-refractivity contribution in [2.45, 2.75) is 51.1 Å². The number of carbonyl (C=O) groups is 1. The molecule has 1 aliphatic carbocycles. The van der Waals surface area contributed by atoms with Gasteiger partial charge in [0.05, 0.1) is 25.3 Å². The summed E-state index contributed by atoms with van der Waals surface area (Å²) >= 11 is 0. The monoisotopic (exact) mass is 404 g/mol. The number of aliphatic carboxylic acids is 1. The Labute approximate surface area is 162 Å². The summed E-state index contributed by atoms with van der Waals surface area (Å²) in [4.78, 5) is 14.1. The van der Waals surface area contributed by atoms with Crippen molar-refractivity contribution in [3.05, 3.63) is 23.7 Å². The molecule has 2 aliphatic heterocycles. The molecule has 4 rings (SSSR count). The molecule has 0 unspecified atom stereocenters. The third kappa shape index (κ3) is 5.48. The molecule has 3 fully saturated rings. The van der Waals surface area contributed by atoms with E-state index in [4.69, 9.17) is 19.1 Å². The average Bonchev–Trinajstić information content (AvgIpc) is 3.17. The zero-order valence-electron chi connectivity index (χ0n) is 16.0. The van der Waals surface area contributed by atoms with Crippen molar-refractivity contribution in [2.24, 2.45) is 5.92 Å². The van der Waals surface area contributed by atoms with Gasteiger partial charge in [-0.2, -0.15) is 13.2 Å². The maximum absolute atomic E-state index is 10.6. The van der Waals surface area contributed by atoms with Gasteiger partial charge in [0.2, 0.25) is 0 Å². The average molecular weight is 404 g/mol. The predicted molar refractivity (Wildman–Crippen MR) is 94.9 cm³/mol. The fourth-order valence-corrected chi connectivity index (χ4v) is 3.99. The number of nitrogens with zero attached hydrogens (tertiary/aromatic N) is 2. The highest BCUT2D eigenvalue weighted by Crippen LogP contribution is 2.31. The molecule has 2 atom stereocenters. The van der Waals surface area contributed by atoms with Gasteiger partial charge in [-0.25, -0.2) is 4.79 Å². The molecule has 1 aromatic heterocycles. The number of furan rings is 1. The van der Waals surface area contributed by atoms with Crippen LogP contribution in [0.1, 0.15) is 30.8 Å². The first kappa shape index (κ1) is 21.1. The molecule has 0 spiro atoms. The number of hydrogen-bond acceptors (Lipinski definition) is 5. The van der Waals surface area contributed by atoms with Gasteiger partial charge in [0.15, 0.2) is 0 Å². The lowest BCUT2D eigenvalue weighted by Gasteiger charge is -2.36. The third-order valence-corrected chi connectivity index (χ3v) is 5.63. The van der Waals surface area contributed by atoms with Crippen LogP contribution in [-0.4, -0.2) is 72.0 Å². The fourth-order valence-electron chi connectivity index (χ4n) is 3.99. The fraction of sp³-hybridized carbons (Fsp3) is 0.737. The Hall–Kier alpha value is -1.58. The van der Waals surface area contributed by atoms with E-state index in [-0.39, 0.29) is 0 Å². The number of morpholine rings is 1. The number of aryl methyl sites for hydroxylation is 1. The number of halogens is 3. The van der Waals surface area contributed by atoms with Gasteiger partial charge in [-0.15, -0.1) is 0 Å². The highest BCUT2D eigenvalue weighted by Gasteiger charge is 2.41. The quantitative estimate of drug-likeness (QED) is 0.833. The van der Waals surface area contributed by atoms with Crippen molar-refractivity contribution >= 4 is 5.97 Å². The molecule has 3 heterocycles. The van der Waals surface area contributed by atoms with Crippen LogP contribution >= 0.6 is 0 Å². The van der Waals surface area contributed by atoms with Crippen LogP contribution in [0, 0.1) is 12.8 Å². The lowest BCUT2D eigenvalue weighted by Crippen LogP contribution is -2.50. The van der Waals surface area contributed by atoms with Crippen molar-refractivity contribution < 1.29 is 32.2 Å². The first-order valence-electron chi connectivity index (χ1n) is 9.66. The van der Waals surface area contributed by atoms with E-state index in [1.165, 1.54) is 32.4 Å². The molecule has 3 aliphatic rings. The standard InChI is InChI=1S/C17H26N2O2.C2HF3O2/c1-13-5-6-15(21-13)10-19-7-8-20-17-12-18(11-16(17)19)9-14-3-2-4-14;3-2(4,5)1(6)7/h5-6,14,16-17H,2-4,7-12H2,1H3;(H,6,7)/t16-,17+;/m1./s1. The van der Waals surface area contributed by atoms with E-state index in [1.54, 1.807) is 0 Å². The summed E-state index contributed by atoms with van der Waals surface area (Å²) in [5.74, 6) is 0.289. The largest absolute Gasteiger partial charge is 0.490 e. The number of carboxylic acid groups (broad SMARTS) is 1. The number of rotatable bonds is 4. The van der Waals surface area contributed by atoms with E-state index in [1.807, 2.05) is 6.92 Å². The molecule has 6 nitrogen and oxygen atoms in total. The molecule has 1 saturated carbocycles. The number of hydrogen-bond donors (Lipinski definition) is 1. The van der Waals surface area contributed by atoms with Gasteiger partial charge in [-0.3, -0.25) is 9.80 Å². The van der Waals surface area contributed by atoms with Gasteiger partial charge in [-0.05, 0) is 37.8 Å². The van der Waals surface area contributed by atoms with Gasteiger partial charge in [0.1, 0.15) is 11.5 Å². The number of carboxylic acids is 1. The molecular weight excluding hydrogens is 377 g/mol. The zero-order chi connectivity index (χ0) is 20.3. The van der Waals surface area contributed by atoms with Crippen LogP contribution in [0.2, 0.25) is 0 Å². The number of likely N-dealkylation sites (tertiary alicyclic amines) is 1. The Kier molecular flexibility index (Phi) is 6.67. The Balaban J connectivity index is 0.000000279. The van der Waals surface area contributed by atoms with Crippen LogP contribution in [0.5, 0.6) is 0 Å². The molecule has 2 saturated heterocycles. The Morgan fingerprint density at radius 3 is 2.54 bits per heavy atom. The van der Waals surface area contributed by atoms with Crippen molar-refractivity contribution in [2.75, 3.05) is 32.8 Å². The van der Waals surface area contributed by atoms with E-state index in [0.717, 1.165) is 43.7 Å². The summed E-state index contributed by atoms with van der Waals surface area (Å²) in [7, 11) is 0. The maximum Gasteiger partial charge on any atom is 0.490 e. The smallest absolute Gasteiger partial charge is 0.475 e. The van der Waals surface area contributed by atoms with Crippen molar-refractivity contribution in [1.82, 2.24) is 9.80 Å².